The maximum absolute atomic E-state index is 12.4. The molecule has 132 valence electrons. The van der Waals surface area contributed by atoms with Crippen LogP contribution < -0.4 is 16.4 Å². The van der Waals surface area contributed by atoms with Crippen molar-refractivity contribution in [1.82, 2.24) is 25.5 Å². The van der Waals surface area contributed by atoms with Crippen LogP contribution in [0.1, 0.15) is 32.7 Å². The summed E-state index contributed by atoms with van der Waals surface area (Å²) in [5.41, 5.74) is 6.57. The largest absolute Gasteiger partial charge is 0.352 e. The second-order valence-corrected chi connectivity index (χ2v) is 6.48. The van der Waals surface area contributed by atoms with Crippen molar-refractivity contribution in [3.63, 3.8) is 0 Å². The molecule has 1 aliphatic carbocycles. The van der Waals surface area contributed by atoms with Gasteiger partial charge in [0.1, 0.15) is 6.04 Å². The smallest absolute Gasteiger partial charge is 0.312 e. The monoisotopic (exact) mass is 343 g/mol. The van der Waals surface area contributed by atoms with Crippen LogP contribution in [0.2, 0.25) is 0 Å². The molecule has 1 aliphatic rings. The predicted octanol–water partition coefficient (Wildman–Crippen LogP) is 1.31. The lowest BCUT2D eigenvalue weighted by Gasteiger charge is -2.20. The minimum atomic E-state index is -0.730. The third-order valence-corrected chi connectivity index (χ3v) is 4.02. The van der Waals surface area contributed by atoms with E-state index in [1.807, 2.05) is 36.7 Å². The minimum Gasteiger partial charge on any atom is -0.352 e. The first kappa shape index (κ1) is 16.9. The standard InChI is InChI=1S/C16H21N7O2/c1-9(2)13(19-16(17)25)15(24)18-11-5-3-4-10(8-11)14-20-21-22-23(14)12-6-7-12/h3-5,8-9,12-13H,6-7H2,1-2H3,(H,18,24)(H3,17,19,25)/t13-/m0/s1. The molecule has 1 atom stereocenters. The van der Waals surface area contributed by atoms with Crippen molar-refractivity contribution in [2.45, 2.75) is 38.8 Å². The number of rotatable bonds is 6. The van der Waals surface area contributed by atoms with Gasteiger partial charge in [0, 0.05) is 11.3 Å². The van der Waals surface area contributed by atoms with Crippen LogP contribution in [0.5, 0.6) is 0 Å². The number of anilines is 1. The van der Waals surface area contributed by atoms with Crippen LogP contribution in [0.25, 0.3) is 11.4 Å². The van der Waals surface area contributed by atoms with Crippen molar-refractivity contribution in [1.29, 1.82) is 0 Å². The number of amides is 3. The average Bonchev–Trinajstić information content (AvgIpc) is 3.29. The molecule has 0 radical (unpaired) electrons. The number of nitrogens with one attached hydrogen (secondary N) is 2. The molecular weight excluding hydrogens is 322 g/mol. The van der Waals surface area contributed by atoms with Gasteiger partial charge in [-0.15, -0.1) is 5.10 Å². The number of hydrogen-bond donors (Lipinski definition) is 3. The molecule has 25 heavy (non-hydrogen) atoms. The third kappa shape index (κ3) is 3.93. The van der Waals surface area contributed by atoms with Gasteiger partial charge in [0.05, 0.1) is 6.04 Å². The summed E-state index contributed by atoms with van der Waals surface area (Å²) in [5, 5.41) is 17.1. The van der Waals surface area contributed by atoms with E-state index in [1.54, 1.807) is 6.07 Å². The number of urea groups is 1. The fourth-order valence-corrected chi connectivity index (χ4v) is 2.59. The molecule has 0 saturated heterocycles. The summed E-state index contributed by atoms with van der Waals surface area (Å²) in [4.78, 5) is 23.5. The van der Waals surface area contributed by atoms with E-state index < -0.39 is 12.1 Å². The van der Waals surface area contributed by atoms with Gasteiger partial charge in [0.25, 0.3) is 0 Å². The lowest BCUT2D eigenvalue weighted by Crippen LogP contribution is -2.49. The van der Waals surface area contributed by atoms with Crippen LogP contribution in [0.3, 0.4) is 0 Å². The summed E-state index contributed by atoms with van der Waals surface area (Å²) in [6.45, 7) is 3.67. The first-order valence-corrected chi connectivity index (χ1v) is 8.21. The lowest BCUT2D eigenvalue weighted by atomic mass is 10.0. The SMILES string of the molecule is CC(C)[C@H](NC(N)=O)C(=O)Nc1cccc(-c2nnnn2C2CC2)c1. The van der Waals surface area contributed by atoms with Crippen LogP contribution in [0.15, 0.2) is 24.3 Å². The summed E-state index contributed by atoms with van der Waals surface area (Å²) in [5.74, 6) is 0.250. The Labute approximate surface area is 145 Å². The molecule has 0 spiro atoms. The quantitative estimate of drug-likeness (QED) is 0.728. The van der Waals surface area contributed by atoms with Gasteiger partial charge in [-0.2, -0.15) is 0 Å². The van der Waals surface area contributed by atoms with Crippen molar-refractivity contribution in [2.24, 2.45) is 11.7 Å². The molecule has 0 unspecified atom stereocenters. The van der Waals surface area contributed by atoms with E-state index >= 15 is 0 Å². The van der Waals surface area contributed by atoms with E-state index in [-0.39, 0.29) is 11.8 Å². The van der Waals surface area contributed by atoms with Crippen LogP contribution in [0, 0.1) is 5.92 Å². The molecule has 9 nitrogen and oxygen atoms in total. The summed E-state index contributed by atoms with van der Waals surface area (Å²) < 4.78 is 1.81. The van der Waals surface area contributed by atoms with Gasteiger partial charge in [-0.1, -0.05) is 26.0 Å². The predicted molar refractivity (Wildman–Crippen MR) is 91.5 cm³/mol. The fourth-order valence-electron chi connectivity index (χ4n) is 2.59. The molecular formula is C16H21N7O2. The lowest BCUT2D eigenvalue weighted by molar-refractivity contribution is -0.118. The van der Waals surface area contributed by atoms with Crippen LogP contribution in [-0.4, -0.2) is 38.2 Å². The number of carbonyl (C=O) groups is 2. The Morgan fingerprint density at radius 3 is 2.72 bits per heavy atom. The average molecular weight is 343 g/mol. The van der Waals surface area contributed by atoms with Gasteiger partial charge in [0.15, 0.2) is 5.82 Å². The van der Waals surface area contributed by atoms with Gasteiger partial charge in [-0.3, -0.25) is 4.79 Å². The highest BCUT2D eigenvalue weighted by atomic mass is 16.2. The normalized spacial score (nSPS) is 15.0. The summed E-state index contributed by atoms with van der Waals surface area (Å²) in [7, 11) is 0. The molecule has 9 heteroatoms. The second kappa shape index (κ2) is 6.88. The maximum Gasteiger partial charge on any atom is 0.312 e. The molecule has 1 fully saturated rings. The molecule has 1 aromatic heterocycles. The first-order chi connectivity index (χ1) is 12.0. The van der Waals surface area contributed by atoms with Crippen molar-refractivity contribution in [3.05, 3.63) is 24.3 Å². The van der Waals surface area contributed by atoms with E-state index in [1.165, 1.54) is 0 Å². The van der Waals surface area contributed by atoms with Gasteiger partial charge < -0.3 is 16.4 Å². The van der Waals surface area contributed by atoms with Gasteiger partial charge in [-0.05, 0) is 41.3 Å². The topological polar surface area (TPSA) is 128 Å². The highest BCUT2D eigenvalue weighted by molar-refractivity contribution is 5.97. The molecule has 1 aromatic carbocycles. The van der Waals surface area contributed by atoms with Crippen molar-refractivity contribution >= 4 is 17.6 Å². The van der Waals surface area contributed by atoms with Crippen molar-refractivity contribution < 1.29 is 9.59 Å². The molecule has 3 amide bonds. The fraction of sp³-hybridized carbons (Fsp3) is 0.438. The first-order valence-electron chi connectivity index (χ1n) is 8.21. The minimum absolute atomic E-state index is 0.0992. The van der Waals surface area contributed by atoms with Crippen LogP contribution in [0.4, 0.5) is 10.5 Å². The van der Waals surface area contributed by atoms with E-state index in [9.17, 15) is 9.59 Å². The Hall–Kier alpha value is -2.97. The Morgan fingerprint density at radius 1 is 1.32 bits per heavy atom. The summed E-state index contributed by atoms with van der Waals surface area (Å²) in [6.07, 6.45) is 2.15. The highest BCUT2D eigenvalue weighted by Crippen LogP contribution is 2.36. The van der Waals surface area contributed by atoms with Crippen molar-refractivity contribution in [3.8, 4) is 11.4 Å². The molecule has 3 rings (SSSR count). The van der Waals surface area contributed by atoms with E-state index in [2.05, 4.69) is 26.2 Å². The number of aromatic nitrogens is 4. The number of tetrazole rings is 1. The molecule has 2 aromatic rings. The zero-order valence-corrected chi connectivity index (χ0v) is 14.1. The van der Waals surface area contributed by atoms with Crippen molar-refractivity contribution in [2.75, 3.05) is 5.32 Å². The summed E-state index contributed by atoms with van der Waals surface area (Å²) >= 11 is 0. The van der Waals surface area contributed by atoms with Gasteiger partial charge >= 0.3 is 6.03 Å². The van der Waals surface area contributed by atoms with Crippen LogP contribution in [-0.2, 0) is 4.79 Å². The Balaban J connectivity index is 1.78. The second-order valence-electron chi connectivity index (χ2n) is 6.48. The Morgan fingerprint density at radius 2 is 2.08 bits per heavy atom. The Kier molecular flexibility index (Phi) is 4.64. The van der Waals surface area contributed by atoms with Gasteiger partial charge in [-0.25, -0.2) is 9.48 Å². The number of nitrogens with two attached hydrogens (primary N) is 1. The number of carbonyl (C=O) groups excluding carboxylic acids is 2. The zero-order valence-electron chi connectivity index (χ0n) is 14.1. The number of primary amides is 1. The maximum atomic E-state index is 12.4. The van der Waals surface area contributed by atoms with Crippen LogP contribution >= 0.6 is 0 Å². The molecule has 0 bridgehead atoms. The van der Waals surface area contributed by atoms with Gasteiger partial charge in [0.2, 0.25) is 5.91 Å². The summed E-state index contributed by atoms with van der Waals surface area (Å²) in [6, 6.07) is 6.21. The molecule has 1 saturated carbocycles. The van der Waals surface area contributed by atoms with E-state index in [0.717, 1.165) is 18.4 Å². The Bertz CT molecular complexity index is 782. The molecule has 4 N–H and O–H groups in total. The zero-order chi connectivity index (χ0) is 18.0. The number of nitrogens with zero attached hydrogens (tertiary/aromatic N) is 4. The highest BCUT2D eigenvalue weighted by Gasteiger charge is 2.28. The third-order valence-electron chi connectivity index (χ3n) is 4.02. The number of hydrogen-bond acceptors (Lipinski definition) is 5. The molecule has 1 heterocycles. The molecule has 0 aliphatic heterocycles. The van der Waals surface area contributed by atoms with E-state index in [4.69, 9.17) is 5.73 Å². The van der Waals surface area contributed by atoms with E-state index in [0.29, 0.717) is 17.6 Å². The number of benzene rings is 1.